The molecule has 1 aromatic carbocycles. The van der Waals surface area contributed by atoms with Crippen molar-refractivity contribution >= 4 is 17.7 Å². The van der Waals surface area contributed by atoms with Crippen LogP contribution in [0.2, 0.25) is 0 Å². The van der Waals surface area contributed by atoms with Crippen LogP contribution in [0.4, 0.5) is 0 Å². The van der Waals surface area contributed by atoms with Crippen molar-refractivity contribution in [2.24, 2.45) is 0 Å². The molecule has 1 unspecified atom stereocenters. The number of hydrogen-bond acceptors (Lipinski definition) is 4. The van der Waals surface area contributed by atoms with Crippen molar-refractivity contribution in [1.29, 1.82) is 0 Å². The molecule has 3 amide bonds. The first-order valence-corrected chi connectivity index (χ1v) is 10.3. The van der Waals surface area contributed by atoms with E-state index in [-0.39, 0.29) is 30.6 Å². The number of nitrogens with zero attached hydrogens (tertiary/aromatic N) is 3. The van der Waals surface area contributed by atoms with Crippen LogP contribution >= 0.6 is 0 Å². The van der Waals surface area contributed by atoms with Crippen LogP contribution in [0.1, 0.15) is 44.2 Å². The maximum atomic E-state index is 13.3. The van der Waals surface area contributed by atoms with Crippen molar-refractivity contribution in [3.05, 3.63) is 35.4 Å². The Bertz CT molecular complexity index is 755. The fourth-order valence-electron chi connectivity index (χ4n) is 4.58. The van der Waals surface area contributed by atoms with Gasteiger partial charge in [0.15, 0.2) is 0 Å². The number of rotatable bonds is 6. The van der Waals surface area contributed by atoms with Crippen LogP contribution in [0.5, 0.6) is 0 Å². The molecule has 152 valence electrons. The van der Waals surface area contributed by atoms with Crippen molar-refractivity contribution in [3.63, 3.8) is 0 Å². The zero-order valence-corrected chi connectivity index (χ0v) is 17.2. The second-order valence-electron chi connectivity index (χ2n) is 7.92. The molecular formula is C22H31N3O3. The molecule has 1 atom stereocenters. The normalized spacial score (nSPS) is 23.5. The van der Waals surface area contributed by atoms with Crippen LogP contribution in [0.3, 0.4) is 0 Å². The number of carbonyl (C=O) groups is 3. The molecule has 3 rings (SSSR count). The van der Waals surface area contributed by atoms with Gasteiger partial charge >= 0.3 is 0 Å². The maximum absolute atomic E-state index is 13.3. The van der Waals surface area contributed by atoms with Crippen molar-refractivity contribution < 1.29 is 14.4 Å². The molecule has 2 aliphatic heterocycles. The largest absolute Gasteiger partial charge is 0.340 e. The summed E-state index contributed by atoms with van der Waals surface area (Å²) in [7, 11) is 0. The zero-order chi connectivity index (χ0) is 20.3. The molecule has 28 heavy (non-hydrogen) atoms. The van der Waals surface area contributed by atoms with Crippen molar-refractivity contribution in [2.75, 3.05) is 39.3 Å². The van der Waals surface area contributed by atoms with Gasteiger partial charge in [-0.2, -0.15) is 0 Å². The monoisotopic (exact) mass is 385 g/mol. The van der Waals surface area contributed by atoms with Crippen molar-refractivity contribution in [3.8, 4) is 0 Å². The third-order valence-electron chi connectivity index (χ3n) is 6.10. The smallest absolute Gasteiger partial charge is 0.240 e. The highest BCUT2D eigenvalue weighted by Gasteiger charge is 2.54. The first kappa shape index (κ1) is 20.5. The van der Waals surface area contributed by atoms with Gasteiger partial charge in [0.1, 0.15) is 0 Å². The van der Waals surface area contributed by atoms with Crippen molar-refractivity contribution in [1.82, 2.24) is 14.7 Å². The molecule has 6 nitrogen and oxygen atoms in total. The fourth-order valence-corrected chi connectivity index (χ4v) is 4.58. The summed E-state index contributed by atoms with van der Waals surface area (Å²) in [5.41, 5.74) is 0.681. The van der Waals surface area contributed by atoms with Gasteiger partial charge in [0.25, 0.3) is 0 Å². The number of aryl methyl sites for hydroxylation is 1. The number of piperazine rings is 1. The van der Waals surface area contributed by atoms with Gasteiger partial charge < -0.3 is 4.90 Å². The lowest BCUT2D eigenvalue weighted by molar-refractivity contribution is -0.143. The molecule has 2 saturated heterocycles. The molecule has 1 aromatic rings. The van der Waals surface area contributed by atoms with Crippen LogP contribution in [0.25, 0.3) is 0 Å². The summed E-state index contributed by atoms with van der Waals surface area (Å²) in [6, 6.07) is 7.63. The number of hydrogen-bond donors (Lipinski definition) is 0. The van der Waals surface area contributed by atoms with E-state index >= 15 is 0 Å². The fraction of sp³-hybridized carbons (Fsp3) is 0.591. The lowest BCUT2D eigenvalue weighted by Crippen LogP contribution is -2.51. The van der Waals surface area contributed by atoms with Gasteiger partial charge in [0.2, 0.25) is 17.7 Å². The molecule has 0 aliphatic carbocycles. The zero-order valence-electron chi connectivity index (χ0n) is 17.2. The Morgan fingerprint density at radius 3 is 2.32 bits per heavy atom. The highest BCUT2D eigenvalue weighted by atomic mass is 16.2. The SMILES string of the molecule is CCCN1CCN(C(=O)CC2(c3ccccc3C)CC(=O)N(CC)C2=O)CC1. The Morgan fingerprint density at radius 1 is 1.07 bits per heavy atom. The van der Waals surface area contributed by atoms with Gasteiger partial charge in [-0.05, 0) is 37.9 Å². The number of likely N-dealkylation sites (tertiary alicyclic amines) is 1. The van der Waals surface area contributed by atoms with Crippen LogP contribution in [0, 0.1) is 6.92 Å². The minimum Gasteiger partial charge on any atom is -0.340 e. The number of benzene rings is 1. The van der Waals surface area contributed by atoms with Gasteiger partial charge in [-0.15, -0.1) is 0 Å². The molecular weight excluding hydrogens is 354 g/mol. The number of likely N-dealkylation sites (N-methyl/N-ethyl adjacent to an activating group) is 1. The van der Waals surface area contributed by atoms with E-state index < -0.39 is 5.41 Å². The summed E-state index contributed by atoms with van der Waals surface area (Å²) in [5, 5.41) is 0. The second kappa shape index (κ2) is 8.43. The molecule has 0 saturated carbocycles. The van der Waals surface area contributed by atoms with Crippen molar-refractivity contribution in [2.45, 2.75) is 45.4 Å². The second-order valence-corrected chi connectivity index (χ2v) is 7.92. The summed E-state index contributed by atoms with van der Waals surface area (Å²) >= 11 is 0. The lowest BCUT2D eigenvalue weighted by atomic mass is 9.74. The predicted molar refractivity (Wildman–Crippen MR) is 108 cm³/mol. The average Bonchev–Trinajstić information content (AvgIpc) is 2.92. The van der Waals surface area contributed by atoms with E-state index in [9.17, 15) is 14.4 Å². The van der Waals surface area contributed by atoms with E-state index in [1.54, 1.807) is 6.92 Å². The molecule has 0 N–H and O–H groups in total. The minimum absolute atomic E-state index is 0.0292. The van der Waals surface area contributed by atoms with Crippen LogP contribution in [-0.2, 0) is 19.8 Å². The Kier molecular flexibility index (Phi) is 6.18. The molecule has 0 spiro atoms. The van der Waals surface area contributed by atoms with E-state index in [2.05, 4.69) is 11.8 Å². The molecule has 2 aliphatic rings. The summed E-state index contributed by atoms with van der Waals surface area (Å²) in [6.45, 7) is 10.4. The Labute approximate surface area is 167 Å². The van der Waals surface area contributed by atoms with Gasteiger partial charge in [-0.1, -0.05) is 31.2 Å². The standard InChI is InChI=1S/C22H31N3O3/c1-4-10-23-11-13-24(14-12-23)19(26)15-22(18-9-7-6-8-17(18)3)16-20(27)25(5-2)21(22)28/h6-9H,4-5,10-16H2,1-3H3. The summed E-state index contributed by atoms with van der Waals surface area (Å²) in [4.78, 5) is 44.6. The van der Waals surface area contributed by atoms with E-state index in [0.29, 0.717) is 19.6 Å². The van der Waals surface area contributed by atoms with Gasteiger partial charge in [-0.25, -0.2) is 0 Å². The summed E-state index contributed by atoms with van der Waals surface area (Å²) < 4.78 is 0. The first-order valence-electron chi connectivity index (χ1n) is 10.3. The van der Waals surface area contributed by atoms with E-state index in [4.69, 9.17) is 0 Å². The minimum atomic E-state index is -1.07. The third kappa shape index (κ3) is 3.70. The summed E-state index contributed by atoms with van der Waals surface area (Å²) in [5.74, 6) is -0.443. The number of carbonyl (C=O) groups excluding carboxylic acids is 3. The van der Waals surface area contributed by atoms with E-state index in [1.807, 2.05) is 36.1 Å². The maximum Gasteiger partial charge on any atom is 0.240 e. The topological polar surface area (TPSA) is 60.9 Å². The highest BCUT2D eigenvalue weighted by molar-refractivity contribution is 6.10. The third-order valence-corrected chi connectivity index (χ3v) is 6.10. The number of imide groups is 1. The molecule has 6 heteroatoms. The van der Waals surface area contributed by atoms with Crippen LogP contribution in [0.15, 0.2) is 24.3 Å². The first-order chi connectivity index (χ1) is 13.4. The van der Waals surface area contributed by atoms with E-state index in [1.165, 1.54) is 4.90 Å². The number of amides is 3. The van der Waals surface area contributed by atoms with E-state index in [0.717, 1.165) is 37.2 Å². The predicted octanol–water partition coefficient (Wildman–Crippen LogP) is 1.96. The lowest BCUT2D eigenvalue weighted by Gasteiger charge is -2.37. The van der Waals surface area contributed by atoms with Gasteiger partial charge in [0.05, 0.1) is 5.41 Å². The van der Waals surface area contributed by atoms with Gasteiger partial charge in [-0.3, -0.25) is 24.2 Å². The average molecular weight is 386 g/mol. The molecule has 2 fully saturated rings. The molecule has 0 bridgehead atoms. The Morgan fingerprint density at radius 2 is 1.75 bits per heavy atom. The Hall–Kier alpha value is -2.21. The Balaban J connectivity index is 1.86. The van der Waals surface area contributed by atoms with Gasteiger partial charge in [0, 0.05) is 45.6 Å². The van der Waals surface area contributed by atoms with Crippen LogP contribution in [-0.4, -0.2) is 71.7 Å². The quantitative estimate of drug-likeness (QED) is 0.703. The van der Waals surface area contributed by atoms with Crippen LogP contribution < -0.4 is 0 Å². The highest BCUT2D eigenvalue weighted by Crippen LogP contribution is 2.41. The molecule has 0 radical (unpaired) electrons. The molecule has 2 heterocycles. The summed E-state index contributed by atoms with van der Waals surface area (Å²) in [6.07, 6.45) is 1.24. The molecule has 0 aromatic heterocycles.